The van der Waals surface area contributed by atoms with E-state index < -0.39 is 0 Å². The van der Waals surface area contributed by atoms with Gasteiger partial charge in [-0.2, -0.15) is 0 Å². The van der Waals surface area contributed by atoms with Crippen molar-refractivity contribution in [2.45, 2.75) is 52.1 Å². The molecule has 2 saturated carbocycles. The number of ketones is 1. The first-order chi connectivity index (χ1) is 8.37. The minimum absolute atomic E-state index is 0.0194. The van der Waals surface area contributed by atoms with Crippen LogP contribution in [0.2, 0.25) is 0 Å². The molecule has 3 rings (SSSR count). The molecule has 0 aromatic heterocycles. The van der Waals surface area contributed by atoms with Crippen LogP contribution in [0.5, 0.6) is 0 Å². The smallest absolute Gasteiger partial charge is 0.334 e. The summed E-state index contributed by atoms with van der Waals surface area (Å²) >= 11 is 0. The third kappa shape index (κ3) is 1.30. The molecule has 2 aliphatic carbocycles. The van der Waals surface area contributed by atoms with Gasteiger partial charge in [0.1, 0.15) is 11.9 Å². The van der Waals surface area contributed by atoms with Crippen molar-refractivity contribution in [3.05, 3.63) is 12.2 Å². The highest BCUT2D eigenvalue weighted by Gasteiger charge is 2.60. The molecule has 0 bridgehead atoms. The highest BCUT2D eigenvalue weighted by Crippen LogP contribution is 2.60. The average Bonchev–Trinajstić information content (AvgIpc) is 2.55. The van der Waals surface area contributed by atoms with Crippen LogP contribution in [0.25, 0.3) is 0 Å². The minimum Gasteiger partial charge on any atom is -0.458 e. The van der Waals surface area contributed by atoms with Gasteiger partial charge in [-0.1, -0.05) is 20.4 Å². The fourth-order valence-corrected chi connectivity index (χ4v) is 4.21. The molecule has 0 amide bonds. The first-order valence-corrected chi connectivity index (χ1v) is 6.80. The van der Waals surface area contributed by atoms with E-state index in [1.807, 2.05) is 0 Å². The van der Waals surface area contributed by atoms with Crippen molar-refractivity contribution in [2.24, 2.45) is 16.7 Å². The largest absolute Gasteiger partial charge is 0.458 e. The van der Waals surface area contributed by atoms with Crippen LogP contribution in [0.3, 0.4) is 0 Å². The molecule has 0 aromatic rings. The molecule has 1 aliphatic heterocycles. The van der Waals surface area contributed by atoms with E-state index in [2.05, 4.69) is 20.4 Å². The van der Waals surface area contributed by atoms with Gasteiger partial charge in [0, 0.05) is 23.3 Å². The molecule has 18 heavy (non-hydrogen) atoms. The van der Waals surface area contributed by atoms with E-state index in [0.29, 0.717) is 17.8 Å². The first-order valence-electron chi connectivity index (χ1n) is 6.80. The lowest BCUT2D eigenvalue weighted by atomic mass is 9.48. The maximum absolute atomic E-state index is 12.4. The topological polar surface area (TPSA) is 43.4 Å². The summed E-state index contributed by atoms with van der Waals surface area (Å²) in [5.74, 6) is 0.155. The number of ether oxygens (including phenoxy) is 1. The molecule has 4 atom stereocenters. The lowest BCUT2D eigenvalue weighted by Crippen LogP contribution is -2.54. The first kappa shape index (κ1) is 11.9. The van der Waals surface area contributed by atoms with Crippen molar-refractivity contribution in [3.8, 4) is 0 Å². The van der Waals surface area contributed by atoms with Gasteiger partial charge in [0.15, 0.2) is 0 Å². The Morgan fingerprint density at radius 1 is 1.28 bits per heavy atom. The number of rotatable bonds is 0. The van der Waals surface area contributed by atoms with Crippen molar-refractivity contribution in [3.63, 3.8) is 0 Å². The van der Waals surface area contributed by atoms with Gasteiger partial charge in [-0.3, -0.25) is 4.79 Å². The molecule has 3 heteroatoms. The Kier molecular flexibility index (Phi) is 2.30. The van der Waals surface area contributed by atoms with Crippen molar-refractivity contribution < 1.29 is 14.3 Å². The Morgan fingerprint density at radius 2 is 2.00 bits per heavy atom. The predicted octanol–water partition coefficient (Wildman–Crippen LogP) is 2.64. The van der Waals surface area contributed by atoms with Crippen molar-refractivity contribution >= 4 is 11.8 Å². The van der Waals surface area contributed by atoms with Gasteiger partial charge in [0.25, 0.3) is 0 Å². The second kappa shape index (κ2) is 3.46. The SMILES string of the molecule is C=C1C(=O)OC2CC3(C)CCCC(=O)C3(C)CC12. The van der Waals surface area contributed by atoms with Crippen LogP contribution in [-0.4, -0.2) is 17.9 Å². The van der Waals surface area contributed by atoms with Gasteiger partial charge in [-0.15, -0.1) is 0 Å². The van der Waals surface area contributed by atoms with E-state index in [0.717, 1.165) is 25.7 Å². The molecule has 0 N–H and O–H groups in total. The summed E-state index contributed by atoms with van der Waals surface area (Å²) in [5.41, 5.74) is 0.249. The number of hydrogen-bond donors (Lipinski definition) is 0. The number of esters is 1. The molecule has 0 spiro atoms. The fraction of sp³-hybridized carbons (Fsp3) is 0.733. The zero-order valence-corrected chi connectivity index (χ0v) is 11.1. The van der Waals surface area contributed by atoms with Crippen LogP contribution < -0.4 is 0 Å². The molecule has 98 valence electrons. The van der Waals surface area contributed by atoms with Crippen LogP contribution in [0.1, 0.15) is 46.0 Å². The Hall–Kier alpha value is -1.12. The quantitative estimate of drug-likeness (QED) is 0.489. The second-order valence-corrected chi connectivity index (χ2v) is 6.65. The number of hydrogen-bond acceptors (Lipinski definition) is 3. The van der Waals surface area contributed by atoms with E-state index in [9.17, 15) is 9.59 Å². The number of carbonyl (C=O) groups excluding carboxylic acids is 2. The summed E-state index contributed by atoms with van der Waals surface area (Å²) in [7, 11) is 0. The van der Waals surface area contributed by atoms with E-state index in [1.165, 1.54) is 0 Å². The van der Waals surface area contributed by atoms with Crippen LogP contribution in [0.4, 0.5) is 0 Å². The summed E-state index contributed by atoms with van der Waals surface area (Å²) in [6, 6.07) is 0. The van der Waals surface area contributed by atoms with E-state index in [-0.39, 0.29) is 28.8 Å². The monoisotopic (exact) mass is 248 g/mol. The zero-order valence-electron chi connectivity index (χ0n) is 11.1. The van der Waals surface area contributed by atoms with Gasteiger partial charge in [-0.25, -0.2) is 4.79 Å². The van der Waals surface area contributed by atoms with Crippen molar-refractivity contribution in [2.75, 3.05) is 0 Å². The van der Waals surface area contributed by atoms with Crippen LogP contribution in [-0.2, 0) is 14.3 Å². The summed E-state index contributed by atoms with van der Waals surface area (Å²) in [5, 5.41) is 0. The Balaban J connectivity index is 2.00. The van der Waals surface area contributed by atoms with Gasteiger partial charge in [0.2, 0.25) is 0 Å². The summed E-state index contributed by atoms with van der Waals surface area (Å²) in [6.45, 7) is 8.12. The zero-order chi connectivity index (χ0) is 13.1. The highest BCUT2D eigenvalue weighted by atomic mass is 16.6. The third-order valence-electron chi connectivity index (χ3n) is 5.78. The van der Waals surface area contributed by atoms with Crippen molar-refractivity contribution in [1.29, 1.82) is 0 Å². The summed E-state index contributed by atoms with van der Waals surface area (Å²) < 4.78 is 5.42. The van der Waals surface area contributed by atoms with Crippen LogP contribution >= 0.6 is 0 Å². The van der Waals surface area contributed by atoms with Gasteiger partial charge in [-0.05, 0) is 31.1 Å². The average molecular weight is 248 g/mol. The molecule has 1 saturated heterocycles. The highest BCUT2D eigenvalue weighted by molar-refractivity contribution is 5.92. The van der Waals surface area contributed by atoms with Gasteiger partial charge >= 0.3 is 5.97 Å². The molecule has 0 radical (unpaired) electrons. The number of carbonyl (C=O) groups is 2. The number of Topliss-reactive ketones (excluding diaryl/α,β-unsaturated/α-hetero) is 1. The summed E-state index contributed by atoms with van der Waals surface area (Å²) in [6.07, 6.45) is 4.21. The molecule has 1 heterocycles. The molecular weight excluding hydrogens is 228 g/mol. The van der Waals surface area contributed by atoms with Crippen molar-refractivity contribution in [1.82, 2.24) is 0 Å². The van der Waals surface area contributed by atoms with Crippen LogP contribution in [0, 0.1) is 16.7 Å². The van der Waals surface area contributed by atoms with E-state index in [1.54, 1.807) is 0 Å². The van der Waals surface area contributed by atoms with Crippen LogP contribution in [0.15, 0.2) is 12.2 Å². The minimum atomic E-state index is -0.302. The third-order valence-corrected chi connectivity index (χ3v) is 5.78. The second-order valence-electron chi connectivity index (χ2n) is 6.65. The maximum Gasteiger partial charge on any atom is 0.334 e. The molecule has 4 unspecified atom stereocenters. The molecule has 3 fully saturated rings. The van der Waals surface area contributed by atoms with E-state index in [4.69, 9.17) is 4.74 Å². The van der Waals surface area contributed by atoms with Gasteiger partial charge < -0.3 is 4.74 Å². The predicted molar refractivity (Wildman–Crippen MR) is 66.8 cm³/mol. The standard InChI is InChI=1S/C15H20O3/c1-9-10-7-15(3)12(16)5-4-6-14(15,2)8-11(10)18-13(9)17/h10-11H,1,4-8H2,2-3H3. The molecule has 3 aliphatic rings. The van der Waals surface area contributed by atoms with E-state index >= 15 is 0 Å². The molecular formula is C15H20O3. The van der Waals surface area contributed by atoms with Gasteiger partial charge in [0.05, 0.1) is 0 Å². The fourth-order valence-electron chi connectivity index (χ4n) is 4.21. The number of fused-ring (bicyclic) bond motifs is 2. The lowest BCUT2D eigenvalue weighted by molar-refractivity contribution is -0.156. The lowest BCUT2D eigenvalue weighted by Gasteiger charge is -2.54. The normalized spacial score (nSPS) is 47.6. The Morgan fingerprint density at radius 3 is 2.72 bits per heavy atom. The Labute approximate surface area is 108 Å². The maximum atomic E-state index is 12.4. The summed E-state index contributed by atoms with van der Waals surface area (Å²) in [4.78, 5) is 24.0. The molecule has 0 aromatic carbocycles. The Bertz CT molecular complexity index is 453. The molecule has 3 nitrogen and oxygen atoms in total.